The molecular formula is C18H17NO5. The Morgan fingerprint density at radius 2 is 2.12 bits per heavy atom. The predicted octanol–water partition coefficient (Wildman–Crippen LogP) is 3.10. The Kier molecular flexibility index (Phi) is 4.65. The van der Waals surface area contributed by atoms with Crippen LogP contribution >= 0.6 is 0 Å². The molecule has 3 rings (SSSR count). The van der Waals surface area contributed by atoms with Crippen molar-refractivity contribution in [1.82, 2.24) is 5.32 Å². The van der Waals surface area contributed by atoms with Crippen LogP contribution in [0.15, 0.2) is 56.3 Å². The molecule has 24 heavy (non-hydrogen) atoms. The third kappa shape index (κ3) is 3.48. The van der Waals surface area contributed by atoms with Crippen molar-refractivity contribution < 1.29 is 18.4 Å². The van der Waals surface area contributed by atoms with Gasteiger partial charge in [-0.3, -0.25) is 4.79 Å². The van der Waals surface area contributed by atoms with E-state index in [1.165, 1.54) is 12.3 Å². The van der Waals surface area contributed by atoms with Crippen LogP contribution in [0.5, 0.6) is 5.75 Å². The Morgan fingerprint density at radius 3 is 2.88 bits per heavy atom. The summed E-state index contributed by atoms with van der Waals surface area (Å²) in [5.41, 5.74) is -0.348. The second kappa shape index (κ2) is 7.04. The van der Waals surface area contributed by atoms with Gasteiger partial charge in [-0.1, -0.05) is 6.92 Å². The van der Waals surface area contributed by atoms with E-state index in [1.807, 2.05) is 6.92 Å². The smallest absolute Gasteiger partial charge is 0.349 e. The number of furan rings is 1. The van der Waals surface area contributed by atoms with Crippen LogP contribution in [0.3, 0.4) is 0 Å². The molecule has 1 N–H and O–H groups in total. The van der Waals surface area contributed by atoms with Crippen LogP contribution in [0.2, 0.25) is 0 Å². The first kappa shape index (κ1) is 15.9. The van der Waals surface area contributed by atoms with Gasteiger partial charge in [-0.2, -0.15) is 0 Å². The summed E-state index contributed by atoms with van der Waals surface area (Å²) < 4.78 is 15.9. The van der Waals surface area contributed by atoms with E-state index in [4.69, 9.17) is 13.6 Å². The lowest BCUT2D eigenvalue weighted by Crippen LogP contribution is -2.27. The average Bonchev–Trinajstić information content (AvgIpc) is 3.10. The number of carbonyl (C=O) groups excluding carboxylic acids is 1. The molecule has 0 saturated heterocycles. The van der Waals surface area contributed by atoms with Crippen LogP contribution in [0.25, 0.3) is 11.0 Å². The zero-order valence-electron chi connectivity index (χ0n) is 13.2. The van der Waals surface area contributed by atoms with Crippen LogP contribution in [-0.2, 0) is 6.54 Å². The third-order valence-electron chi connectivity index (χ3n) is 3.43. The molecule has 0 bridgehead atoms. The molecule has 2 heterocycles. The van der Waals surface area contributed by atoms with E-state index in [2.05, 4.69) is 5.32 Å². The number of hydrogen-bond donors (Lipinski definition) is 1. The molecule has 1 amide bonds. The Morgan fingerprint density at radius 1 is 1.25 bits per heavy atom. The molecule has 124 valence electrons. The Hall–Kier alpha value is -3.02. The van der Waals surface area contributed by atoms with E-state index in [9.17, 15) is 9.59 Å². The number of carbonyl (C=O) groups is 1. The largest absolute Gasteiger partial charge is 0.493 e. The highest BCUT2D eigenvalue weighted by Crippen LogP contribution is 2.20. The molecule has 0 radical (unpaired) electrons. The minimum Gasteiger partial charge on any atom is -0.493 e. The maximum atomic E-state index is 12.2. The van der Waals surface area contributed by atoms with E-state index in [1.54, 1.807) is 30.3 Å². The van der Waals surface area contributed by atoms with Crippen molar-refractivity contribution in [3.05, 3.63) is 64.4 Å². The summed E-state index contributed by atoms with van der Waals surface area (Å²) >= 11 is 0. The number of nitrogens with one attached hydrogen (secondary N) is 1. The van der Waals surface area contributed by atoms with E-state index >= 15 is 0 Å². The van der Waals surface area contributed by atoms with Crippen LogP contribution in [0.4, 0.5) is 0 Å². The molecule has 0 saturated carbocycles. The molecule has 3 aromatic rings. The van der Waals surface area contributed by atoms with Gasteiger partial charge in [0.25, 0.3) is 5.91 Å². The molecule has 0 fully saturated rings. The summed E-state index contributed by atoms with van der Waals surface area (Å²) in [7, 11) is 0. The van der Waals surface area contributed by atoms with E-state index in [0.717, 1.165) is 6.42 Å². The van der Waals surface area contributed by atoms with Crippen molar-refractivity contribution in [3.8, 4) is 5.75 Å². The number of hydrogen-bond acceptors (Lipinski definition) is 5. The molecule has 2 aromatic heterocycles. The summed E-state index contributed by atoms with van der Waals surface area (Å²) in [5, 5.41) is 3.28. The van der Waals surface area contributed by atoms with Gasteiger partial charge in [0.05, 0.1) is 19.4 Å². The SMILES string of the molecule is CCCOc1ccc2cc(C(=O)NCc3ccco3)c(=O)oc2c1. The van der Waals surface area contributed by atoms with Gasteiger partial charge >= 0.3 is 5.63 Å². The zero-order chi connectivity index (χ0) is 16.9. The predicted molar refractivity (Wildman–Crippen MR) is 88.1 cm³/mol. The second-order valence-corrected chi connectivity index (χ2v) is 5.26. The topological polar surface area (TPSA) is 81.7 Å². The number of benzene rings is 1. The molecule has 0 unspecified atom stereocenters. The van der Waals surface area contributed by atoms with Gasteiger partial charge in [0.2, 0.25) is 0 Å². The minimum absolute atomic E-state index is 0.0451. The molecule has 0 aliphatic heterocycles. The summed E-state index contributed by atoms with van der Waals surface area (Å²) in [6.07, 6.45) is 2.40. The zero-order valence-corrected chi connectivity index (χ0v) is 13.2. The van der Waals surface area contributed by atoms with Crippen LogP contribution in [0, 0.1) is 0 Å². The summed E-state index contributed by atoms with van der Waals surface area (Å²) in [6.45, 7) is 2.80. The quantitative estimate of drug-likeness (QED) is 0.704. The highest BCUT2D eigenvalue weighted by atomic mass is 16.5. The fourth-order valence-electron chi connectivity index (χ4n) is 2.24. The van der Waals surface area contributed by atoms with Gasteiger partial charge in [-0.25, -0.2) is 4.79 Å². The van der Waals surface area contributed by atoms with Gasteiger partial charge in [0.1, 0.15) is 22.7 Å². The van der Waals surface area contributed by atoms with E-state index in [0.29, 0.717) is 29.1 Å². The summed E-state index contributed by atoms with van der Waals surface area (Å²) in [6, 6.07) is 10.2. The Labute approximate surface area is 138 Å². The van der Waals surface area contributed by atoms with Crippen LogP contribution in [0.1, 0.15) is 29.5 Å². The van der Waals surface area contributed by atoms with Crippen molar-refractivity contribution in [2.75, 3.05) is 6.61 Å². The summed E-state index contributed by atoms with van der Waals surface area (Å²) in [4.78, 5) is 24.2. The molecule has 6 heteroatoms. The van der Waals surface area contributed by atoms with Crippen molar-refractivity contribution in [3.63, 3.8) is 0 Å². The standard InChI is InChI=1S/C18H17NO5/c1-2-7-22-13-6-5-12-9-15(18(21)24-16(12)10-13)17(20)19-11-14-4-3-8-23-14/h3-6,8-10H,2,7,11H2,1H3,(H,19,20). The number of fused-ring (bicyclic) bond motifs is 1. The van der Waals surface area contributed by atoms with E-state index in [-0.39, 0.29) is 12.1 Å². The van der Waals surface area contributed by atoms with Crippen molar-refractivity contribution >= 4 is 16.9 Å². The van der Waals surface area contributed by atoms with Gasteiger partial charge < -0.3 is 18.9 Å². The molecule has 0 atom stereocenters. The maximum Gasteiger partial charge on any atom is 0.349 e. The number of rotatable bonds is 6. The minimum atomic E-state index is -0.688. The highest BCUT2D eigenvalue weighted by Gasteiger charge is 2.14. The van der Waals surface area contributed by atoms with Crippen LogP contribution < -0.4 is 15.7 Å². The van der Waals surface area contributed by atoms with Gasteiger partial charge in [0.15, 0.2) is 0 Å². The van der Waals surface area contributed by atoms with Crippen LogP contribution in [-0.4, -0.2) is 12.5 Å². The first-order valence-electron chi connectivity index (χ1n) is 7.68. The van der Waals surface area contributed by atoms with Crippen molar-refractivity contribution in [1.29, 1.82) is 0 Å². The lowest BCUT2D eigenvalue weighted by Gasteiger charge is -2.06. The molecule has 0 spiro atoms. The average molecular weight is 327 g/mol. The molecule has 0 aliphatic rings. The number of amides is 1. The fraction of sp³-hybridized carbons (Fsp3) is 0.222. The normalized spacial score (nSPS) is 10.7. The molecule has 6 nitrogen and oxygen atoms in total. The maximum absolute atomic E-state index is 12.2. The summed E-state index contributed by atoms with van der Waals surface area (Å²) in [5.74, 6) is 0.724. The monoisotopic (exact) mass is 327 g/mol. The third-order valence-corrected chi connectivity index (χ3v) is 3.43. The lowest BCUT2D eigenvalue weighted by atomic mass is 10.1. The first-order valence-corrected chi connectivity index (χ1v) is 7.68. The second-order valence-electron chi connectivity index (χ2n) is 5.26. The number of ether oxygens (including phenoxy) is 1. The van der Waals surface area contributed by atoms with Gasteiger partial charge in [-0.15, -0.1) is 0 Å². The van der Waals surface area contributed by atoms with Gasteiger partial charge in [-0.05, 0) is 36.8 Å². The highest BCUT2D eigenvalue weighted by molar-refractivity contribution is 5.96. The fourth-order valence-corrected chi connectivity index (χ4v) is 2.24. The lowest BCUT2D eigenvalue weighted by molar-refractivity contribution is 0.0944. The molecule has 0 aliphatic carbocycles. The Bertz CT molecular complexity index is 895. The molecule has 1 aromatic carbocycles. The van der Waals surface area contributed by atoms with Crippen molar-refractivity contribution in [2.24, 2.45) is 0 Å². The molecular weight excluding hydrogens is 310 g/mol. The Balaban J connectivity index is 1.82. The van der Waals surface area contributed by atoms with Crippen molar-refractivity contribution in [2.45, 2.75) is 19.9 Å². The van der Waals surface area contributed by atoms with E-state index < -0.39 is 11.5 Å². The first-order chi connectivity index (χ1) is 11.7. The van der Waals surface area contributed by atoms with Gasteiger partial charge in [0, 0.05) is 11.5 Å².